The van der Waals surface area contributed by atoms with Gasteiger partial charge in [0.1, 0.15) is 33.4 Å². The van der Waals surface area contributed by atoms with Crippen molar-refractivity contribution in [3.05, 3.63) is 46.4 Å². The Kier molecular flexibility index (Phi) is 7.81. The number of rotatable bonds is 10. The average Bonchev–Trinajstić information content (AvgIpc) is 3.19. The molecule has 3 N–H and O–H groups in total. The third kappa shape index (κ3) is 6.43. The fraction of sp³-hybridized carbons (Fsp3) is 0.458. The molecule has 2 heterocycles. The number of halogens is 1. The molecule has 0 aliphatic heterocycles. The highest BCUT2D eigenvalue weighted by Crippen LogP contribution is 2.35. The fourth-order valence-corrected chi connectivity index (χ4v) is 5.39. The lowest BCUT2D eigenvalue weighted by Gasteiger charge is -2.22. The first-order valence-corrected chi connectivity index (χ1v) is 14.0. The Morgan fingerprint density at radius 1 is 1.31 bits per heavy atom. The molecule has 2 aromatic heterocycles. The zero-order chi connectivity index (χ0) is 25.0. The standard InChI is InChI=1S/C24H30ClN5O4S/c1-34-20-12-17(25)6-5-16(20)13-27-23-22-18-10-15(4-7-19(18)30-24(22)29-14-28-23)11-21(31)26-8-3-9-35(2,32)33/h5-6,12,14-15H,3-4,7-11,13H2,1-2H3,(H,26,31)(H2,27,28,29,30). The van der Waals surface area contributed by atoms with Gasteiger partial charge in [-0.2, -0.15) is 0 Å². The van der Waals surface area contributed by atoms with E-state index in [0.717, 1.165) is 52.9 Å². The minimum absolute atomic E-state index is 0.0452. The third-order valence-electron chi connectivity index (χ3n) is 6.26. The lowest BCUT2D eigenvalue weighted by molar-refractivity contribution is -0.122. The molecule has 1 unspecified atom stereocenters. The number of ether oxygens (including phenoxy) is 1. The third-order valence-corrected chi connectivity index (χ3v) is 7.53. The van der Waals surface area contributed by atoms with Gasteiger partial charge in [-0.25, -0.2) is 18.4 Å². The number of nitrogens with one attached hydrogen (secondary N) is 3. The SMILES string of the molecule is COc1cc(Cl)ccc1CNc1ncnc2[nH]c3c(c12)CC(CC(=O)NCCCS(C)(=O)=O)CC3. The number of aryl methyl sites for hydroxylation is 1. The normalized spacial score (nSPS) is 15.6. The van der Waals surface area contributed by atoms with Crippen LogP contribution in [0.4, 0.5) is 5.82 Å². The molecular formula is C24H30ClN5O4S. The van der Waals surface area contributed by atoms with Crippen molar-refractivity contribution < 1.29 is 17.9 Å². The molecule has 9 nitrogen and oxygen atoms in total. The Morgan fingerprint density at radius 2 is 2.14 bits per heavy atom. The number of amides is 1. The Hall–Kier alpha value is -2.85. The number of nitrogens with zero attached hydrogens (tertiary/aromatic N) is 2. The van der Waals surface area contributed by atoms with Crippen molar-refractivity contribution in [1.29, 1.82) is 0 Å². The first-order chi connectivity index (χ1) is 16.7. The summed E-state index contributed by atoms with van der Waals surface area (Å²) < 4.78 is 27.9. The number of sulfone groups is 1. The summed E-state index contributed by atoms with van der Waals surface area (Å²) in [5.74, 6) is 1.66. The predicted octanol–water partition coefficient (Wildman–Crippen LogP) is 3.28. The summed E-state index contributed by atoms with van der Waals surface area (Å²) in [6.45, 7) is 0.874. The number of carbonyl (C=O) groups is 1. The van der Waals surface area contributed by atoms with Gasteiger partial charge >= 0.3 is 0 Å². The summed E-state index contributed by atoms with van der Waals surface area (Å²) in [4.78, 5) is 24.8. The maximum atomic E-state index is 12.4. The van der Waals surface area contributed by atoms with Crippen molar-refractivity contribution in [3.8, 4) is 5.75 Å². The van der Waals surface area contributed by atoms with E-state index in [9.17, 15) is 13.2 Å². The van der Waals surface area contributed by atoms with Crippen LogP contribution in [-0.2, 0) is 34.0 Å². The summed E-state index contributed by atoms with van der Waals surface area (Å²) >= 11 is 6.08. The van der Waals surface area contributed by atoms with E-state index >= 15 is 0 Å². The van der Waals surface area contributed by atoms with E-state index in [1.807, 2.05) is 12.1 Å². The fourth-order valence-electron chi connectivity index (χ4n) is 4.56. The monoisotopic (exact) mass is 519 g/mol. The topological polar surface area (TPSA) is 126 Å². The van der Waals surface area contributed by atoms with E-state index in [1.165, 1.54) is 12.6 Å². The number of fused-ring (bicyclic) bond motifs is 3. The summed E-state index contributed by atoms with van der Waals surface area (Å²) in [6.07, 6.45) is 6.05. The zero-order valence-electron chi connectivity index (χ0n) is 19.9. The molecule has 0 radical (unpaired) electrons. The number of carbonyl (C=O) groups excluding carboxylic acids is 1. The minimum Gasteiger partial charge on any atom is -0.496 e. The maximum absolute atomic E-state index is 12.4. The number of hydrogen-bond acceptors (Lipinski definition) is 7. The van der Waals surface area contributed by atoms with E-state index in [4.69, 9.17) is 16.3 Å². The highest BCUT2D eigenvalue weighted by molar-refractivity contribution is 7.90. The van der Waals surface area contributed by atoms with E-state index in [-0.39, 0.29) is 17.6 Å². The molecular weight excluding hydrogens is 490 g/mol. The second kappa shape index (κ2) is 10.8. The van der Waals surface area contributed by atoms with Crippen LogP contribution in [0.25, 0.3) is 11.0 Å². The van der Waals surface area contributed by atoms with Crippen LogP contribution in [0.5, 0.6) is 5.75 Å². The van der Waals surface area contributed by atoms with Gasteiger partial charge in [-0.1, -0.05) is 17.7 Å². The van der Waals surface area contributed by atoms with Gasteiger partial charge in [0.05, 0.1) is 18.2 Å². The molecule has 35 heavy (non-hydrogen) atoms. The van der Waals surface area contributed by atoms with E-state index in [0.29, 0.717) is 36.7 Å². The number of methoxy groups -OCH3 is 1. The minimum atomic E-state index is -3.02. The van der Waals surface area contributed by atoms with Crippen LogP contribution in [0.2, 0.25) is 5.02 Å². The quantitative estimate of drug-likeness (QED) is 0.351. The second-order valence-electron chi connectivity index (χ2n) is 8.98. The number of hydrogen-bond donors (Lipinski definition) is 3. The number of aromatic nitrogens is 3. The van der Waals surface area contributed by atoms with Crippen LogP contribution in [0.1, 0.15) is 36.1 Å². The molecule has 3 aromatic rings. The number of aromatic amines is 1. The highest BCUT2D eigenvalue weighted by atomic mass is 35.5. The molecule has 0 saturated heterocycles. The van der Waals surface area contributed by atoms with Crippen LogP contribution in [0.3, 0.4) is 0 Å². The molecule has 0 saturated carbocycles. The molecule has 188 valence electrons. The molecule has 4 rings (SSSR count). The van der Waals surface area contributed by atoms with E-state index in [2.05, 4.69) is 25.6 Å². The average molecular weight is 520 g/mol. The van der Waals surface area contributed by atoms with Gasteiger partial charge in [-0.05, 0) is 49.3 Å². The molecule has 0 bridgehead atoms. The molecule has 1 aliphatic carbocycles. The van der Waals surface area contributed by atoms with Crippen molar-refractivity contribution in [1.82, 2.24) is 20.3 Å². The number of H-pyrrole nitrogens is 1. The lowest BCUT2D eigenvalue weighted by Crippen LogP contribution is -2.29. The zero-order valence-corrected chi connectivity index (χ0v) is 21.4. The molecule has 0 fully saturated rings. The van der Waals surface area contributed by atoms with Crippen molar-refractivity contribution >= 4 is 44.2 Å². The van der Waals surface area contributed by atoms with Crippen LogP contribution in [0.15, 0.2) is 24.5 Å². The summed E-state index contributed by atoms with van der Waals surface area (Å²) in [5, 5.41) is 7.83. The first kappa shape index (κ1) is 25.2. The Labute approximate surface area is 209 Å². The molecule has 1 atom stereocenters. The Bertz CT molecular complexity index is 1320. The first-order valence-electron chi connectivity index (χ1n) is 11.6. The van der Waals surface area contributed by atoms with Gasteiger partial charge in [0, 0.05) is 42.0 Å². The smallest absolute Gasteiger partial charge is 0.220 e. The van der Waals surface area contributed by atoms with Gasteiger partial charge in [-0.15, -0.1) is 0 Å². The van der Waals surface area contributed by atoms with Crippen LogP contribution in [0, 0.1) is 5.92 Å². The molecule has 1 amide bonds. The Balaban J connectivity index is 1.44. The van der Waals surface area contributed by atoms with Crippen molar-refractivity contribution in [2.75, 3.05) is 31.0 Å². The van der Waals surface area contributed by atoms with Gasteiger partial charge in [0.2, 0.25) is 5.91 Å². The lowest BCUT2D eigenvalue weighted by atomic mass is 9.84. The van der Waals surface area contributed by atoms with Gasteiger partial charge in [0.25, 0.3) is 0 Å². The number of anilines is 1. The molecule has 11 heteroatoms. The summed E-state index contributed by atoms with van der Waals surface area (Å²) in [5.41, 5.74) is 4.02. The second-order valence-corrected chi connectivity index (χ2v) is 11.7. The maximum Gasteiger partial charge on any atom is 0.220 e. The molecule has 1 aromatic carbocycles. The van der Waals surface area contributed by atoms with Crippen LogP contribution >= 0.6 is 11.6 Å². The van der Waals surface area contributed by atoms with Crippen LogP contribution < -0.4 is 15.4 Å². The highest BCUT2D eigenvalue weighted by Gasteiger charge is 2.26. The van der Waals surface area contributed by atoms with E-state index < -0.39 is 9.84 Å². The Morgan fingerprint density at radius 3 is 2.91 bits per heavy atom. The van der Waals surface area contributed by atoms with Crippen molar-refractivity contribution in [3.63, 3.8) is 0 Å². The van der Waals surface area contributed by atoms with Gasteiger partial charge in [0.15, 0.2) is 0 Å². The summed E-state index contributed by atoms with van der Waals surface area (Å²) in [7, 11) is -1.40. The summed E-state index contributed by atoms with van der Waals surface area (Å²) in [6, 6.07) is 5.53. The van der Waals surface area contributed by atoms with Crippen LogP contribution in [-0.4, -0.2) is 54.9 Å². The largest absolute Gasteiger partial charge is 0.496 e. The molecule has 1 aliphatic rings. The van der Waals surface area contributed by atoms with Crippen molar-refractivity contribution in [2.24, 2.45) is 5.92 Å². The van der Waals surface area contributed by atoms with E-state index in [1.54, 1.807) is 13.2 Å². The van der Waals surface area contributed by atoms with Gasteiger partial charge in [-0.3, -0.25) is 4.79 Å². The predicted molar refractivity (Wildman–Crippen MR) is 137 cm³/mol. The van der Waals surface area contributed by atoms with Gasteiger partial charge < -0.3 is 20.4 Å². The molecule has 0 spiro atoms. The number of benzene rings is 1. The van der Waals surface area contributed by atoms with Crippen molar-refractivity contribution in [2.45, 2.75) is 38.6 Å².